The molecule has 0 saturated carbocycles. The van der Waals surface area contributed by atoms with Crippen molar-refractivity contribution in [1.29, 1.82) is 0 Å². The van der Waals surface area contributed by atoms with Gasteiger partial charge in [0.1, 0.15) is 0 Å². The van der Waals surface area contributed by atoms with Crippen molar-refractivity contribution < 1.29 is 36.6 Å². The number of rotatable bonds is 4. The quantitative estimate of drug-likeness (QED) is 0.682. The van der Waals surface area contributed by atoms with Crippen molar-refractivity contribution in [2.45, 2.75) is 52.1 Å². The van der Waals surface area contributed by atoms with Gasteiger partial charge in [-0.3, -0.25) is 9.69 Å². The first kappa shape index (κ1) is 26.2. The fourth-order valence-corrected chi connectivity index (χ4v) is 3.05. The summed E-state index contributed by atoms with van der Waals surface area (Å²) in [5.41, 5.74) is 2.12. The van der Waals surface area contributed by atoms with Crippen LogP contribution in [0.3, 0.4) is 0 Å². The number of carbonyl (C=O) groups is 2. The number of fused-ring (bicyclic) bond motifs is 1. The highest BCUT2D eigenvalue weighted by atomic mass is 19.4. The van der Waals surface area contributed by atoms with Crippen LogP contribution in [0.15, 0.2) is 24.5 Å². The summed E-state index contributed by atoms with van der Waals surface area (Å²) in [4.78, 5) is 30.1. The molecule has 1 aromatic carbocycles. The lowest BCUT2D eigenvalue weighted by molar-refractivity contribution is -0.192. The van der Waals surface area contributed by atoms with Crippen LogP contribution in [0.1, 0.15) is 42.0 Å². The molecule has 0 aliphatic carbocycles. The molecule has 33 heavy (non-hydrogen) atoms. The van der Waals surface area contributed by atoms with Crippen LogP contribution >= 0.6 is 0 Å². The lowest BCUT2D eigenvalue weighted by Crippen LogP contribution is -2.32. The monoisotopic (exact) mass is 476 g/mol. The van der Waals surface area contributed by atoms with Gasteiger partial charge >= 0.3 is 12.1 Å². The molecule has 0 unspecified atom stereocenters. The molecule has 2 heterocycles. The van der Waals surface area contributed by atoms with Crippen molar-refractivity contribution in [2.75, 3.05) is 13.6 Å². The third kappa shape index (κ3) is 6.98. The average Bonchev–Trinajstić information content (AvgIpc) is 2.96. The van der Waals surface area contributed by atoms with Gasteiger partial charge in [-0.05, 0) is 45.5 Å². The minimum atomic E-state index is -5.08. The number of benzene rings is 1. The molecule has 182 valence electrons. The summed E-state index contributed by atoms with van der Waals surface area (Å²) in [5.74, 6) is -5.00. The fraction of sp³-hybridized carbons (Fsp3) is 0.476. The molecule has 0 saturated heterocycles. The molecule has 0 radical (unpaired) electrons. The number of hydrogen-bond acceptors (Lipinski definition) is 4. The first-order valence-corrected chi connectivity index (χ1v) is 10.1. The number of aromatic nitrogens is 2. The van der Waals surface area contributed by atoms with Gasteiger partial charge in [-0.2, -0.15) is 13.2 Å². The molecule has 3 rings (SSSR count). The minimum Gasteiger partial charge on any atom is -0.475 e. The first-order chi connectivity index (χ1) is 15.3. The molecule has 1 aliphatic heterocycles. The zero-order chi connectivity index (χ0) is 24.9. The molecule has 1 amide bonds. The van der Waals surface area contributed by atoms with Gasteiger partial charge in [0.2, 0.25) is 0 Å². The van der Waals surface area contributed by atoms with E-state index in [1.54, 1.807) is 4.90 Å². The molecule has 1 N–H and O–H groups in total. The van der Waals surface area contributed by atoms with Gasteiger partial charge in [-0.15, -0.1) is 0 Å². The lowest BCUT2D eigenvalue weighted by atomic mass is 10.1. The number of aliphatic carboxylic acids is 1. The van der Waals surface area contributed by atoms with Gasteiger partial charge in [0, 0.05) is 31.2 Å². The Hall–Kier alpha value is -3.02. The van der Waals surface area contributed by atoms with Gasteiger partial charge in [-0.25, -0.2) is 18.6 Å². The number of hydrogen-bond donors (Lipinski definition) is 1. The van der Waals surface area contributed by atoms with E-state index < -0.39 is 23.8 Å². The molecule has 0 atom stereocenters. The maximum atomic E-state index is 13.5. The second kappa shape index (κ2) is 10.7. The first-order valence-electron chi connectivity index (χ1n) is 10.1. The number of imidazole rings is 1. The van der Waals surface area contributed by atoms with Crippen molar-refractivity contribution in [1.82, 2.24) is 19.4 Å². The number of carboxylic acid groups (broad SMARTS) is 1. The third-order valence-electron chi connectivity index (χ3n) is 5.18. The van der Waals surface area contributed by atoms with Crippen LogP contribution in [0.4, 0.5) is 22.0 Å². The second-order valence-corrected chi connectivity index (χ2v) is 7.85. The van der Waals surface area contributed by atoms with E-state index >= 15 is 0 Å². The highest BCUT2D eigenvalue weighted by molar-refractivity contribution is 5.94. The maximum absolute atomic E-state index is 13.5. The number of halogens is 5. The highest BCUT2D eigenvalue weighted by Gasteiger charge is 2.38. The predicted octanol–water partition coefficient (Wildman–Crippen LogP) is 3.68. The van der Waals surface area contributed by atoms with Crippen LogP contribution in [-0.2, 0) is 24.4 Å². The molecule has 7 nitrogen and oxygen atoms in total. The predicted molar refractivity (Wildman–Crippen MR) is 108 cm³/mol. The number of carbonyl (C=O) groups excluding carboxylic acids is 1. The molecular formula is C21H25F5N4O3. The Bertz CT molecular complexity index is 991. The van der Waals surface area contributed by atoms with Crippen LogP contribution in [0.5, 0.6) is 0 Å². The van der Waals surface area contributed by atoms with Crippen LogP contribution in [0.2, 0.25) is 0 Å². The Morgan fingerprint density at radius 2 is 1.82 bits per heavy atom. The summed E-state index contributed by atoms with van der Waals surface area (Å²) >= 11 is 0. The molecule has 0 spiro atoms. The van der Waals surface area contributed by atoms with Gasteiger partial charge in [-0.1, -0.05) is 0 Å². The summed E-state index contributed by atoms with van der Waals surface area (Å²) in [6.45, 7) is 6.71. The Morgan fingerprint density at radius 3 is 2.36 bits per heavy atom. The van der Waals surface area contributed by atoms with E-state index in [0.29, 0.717) is 25.7 Å². The zero-order valence-electron chi connectivity index (χ0n) is 18.4. The maximum Gasteiger partial charge on any atom is 0.490 e. The van der Waals surface area contributed by atoms with E-state index in [1.807, 2.05) is 13.4 Å². The van der Waals surface area contributed by atoms with Crippen molar-refractivity contribution in [3.8, 4) is 0 Å². The normalized spacial score (nSPS) is 13.9. The Balaban J connectivity index is 0.000000479. The van der Waals surface area contributed by atoms with E-state index in [2.05, 4.69) is 28.3 Å². The van der Waals surface area contributed by atoms with Gasteiger partial charge in [0.15, 0.2) is 11.6 Å². The smallest absolute Gasteiger partial charge is 0.475 e. The van der Waals surface area contributed by atoms with E-state index in [1.165, 1.54) is 6.07 Å². The van der Waals surface area contributed by atoms with Crippen molar-refractivity contribution in [2.24, 2.45) is 0 Å². The summed E-state index contributed by atoms with van der Waals surface area (Å²) in [6.07, 6.45) is -2.47. The average molecular weight is 476 g/mol. The van der Waals surface area contributed by atoms with E-state index in [0.717, 1.165) is 36.5 Å². The number of aryl methyl sites for hydroxylation is 1. The van der Waals surface area contributed by atoms with Crippen molar-refractivity contribution >= 4 is 11.9 Å². The SMILES string of the molecule is CC(C)N(C)Cc1ncn2c1CN(C(=O)c1ccc(F)c(F)c1)CCC2.O=C(O)C(F)(F)F. The van der Waals surface area contributed by atoms with Crippen molar-refractivity contribution in [3.05, 3.63) is 53.1 Å². The van der Waals surface area contributed by atoms with E-state index in [-0.39, 0.29) is 11.5 Å². The second-order valence-electron chi connectivity index (χ2n) is 7.85. The van der Waals surface area contributed by atoms with Crippen LogP contribution in [0, 0.1) is 11.6 Å². The Labute approximate surface area is 187 Å². The molecule has 1 aromatic heterocycles. The fourth-order valence-electron chi connectivity index (χ4n) is 3.05. The molecular weight excluding hydrogens is 451 g/mol. The largest absolute Gasteiger partial charge is 0.490 e. The number of nitrogens with zero attached hydrogens (tertiary/aromatic N) is 4. The zero-order valence-corrected chi connectivity index (χ0v) is 18.4. The topological polar surface area (TPSA) is 78.7 Å². The highest BCUT2D eigenvalue weighted by Crippen LogP contribution is 2.20. The standard InChI is InChI=1S/C19H24F2N4O.C2HF3O2/c1-13(2)23(3)10-17-18-11-24(7-4-8-25(18)12-22-17)19(26)14-5-6-15(20)16(21)9-14;3-2(4,5)1(6)7/h5-6,9,12-13H,4,7-8,10-11H2,1-3H3;(H,6,7). The number of amides is 1. The van der Waals surface area contributed by atoms with E-state index in [4.69, 9.17) is 9.90 Å². The Morgan fingerprint density at radius 1 is 1.18 bits per heavy atom. The summed E-state index contributed by atoms with van der Waals surface area (Å²) in [6, 6.07) is 3.68. The third-order valence-corrected chi connectivity index (χ3v) is 5.18. The molecule has 12 heteroatoms. The van der Waals surface area contributed by atoms with Gasteiger partial charge < -0.3 is 14.6 Å². The number of alkyl halides is 3. The lowest BCUT2D eigenvalue weighted by Gasteiger charge is -2.23. The van der Waals surface area contributed by atoms with Crippen LogP contribution in [-0.4, -0.2) is 62.1 Å². The van der Waals surface area contributed by atoms with E-state index in [9.17, 15) is 26.7 Å². The number of carboxylic acids is 1. The summed E-state index contributed by atoms with van der Waals surface area (Å²) < 4.78 is 60.5. The Kier molecular flexibility index (Phi) is 8.53. The molecule has 2 aromatic rings. The summed E-state index contributed by atoms with van der Waals surface area (Å²) in [5, 5.41) is 7.12. The molecule has 0 bridgehead atoms. The van der Waals surface area contributed by atoms with Crippen molar-refractivity contribution in [3.63, 3.8) is 0 Å². The minimum absolute atomic E-state index is 0.165. The van der Waals surface area contributed by atoms with Crippen LogP contribution < -0.4 is 0 Å². The van der Waals surface area contributed by atoms with Gasteiger partial charge in [0.25, 0.3) is 5.91 Å². The molecule has 1 aliphatic rings. The molecule has 0 fully saturated rings. The summed E-state index contributed by atoms with van der Waals surface area (Å²) in [7, 11) is 2.04. The van der Waals surface area contributed by atoms with Crippen LogP contribution in [0.25, 0.3) is 0 Å². The van der Waals surface area contributed by atoms with Gasteiger partial charge in [0.05, 0.1) is 24.3 Å².